The van der Waals surface area contributed by atoms with Crippen molar-refractivity contribution in [3.63, 3.8) is 0 Å². The average molecular weight is 386 g/mol. The van der Waals surface area contributed by atoms with Crippen molar-refractivity contribution in [2.75, 3.05) is 36.7 Å². The maximum absolute atomic E-state index is 11.6. The van der Waals surface area contributed by atoms with Gasteiger partial charge >= 0.3 is 5.97 Å². The van der Waals surface area contributed by atoms with Crippen molar-refractivity contribution in [1.82, 2.24) is 0 Å². The van der Waals surface area contributed by atoms with Gasteiger partial charge in [-0.25, -0.2) is 16.8 Å². The van der Waals surface area contributed by atoms with Crippen LogP contribution in [0.15, 0.2) is 0 Å². The van der Waals surface area contributed by atoms with E-state index in [1.807, 2.05) is 0 Å². The fourth-order valence-corrected chi connectivity index (χ4v) is 4.96. The van der Waals surface area contributed by atoms with E-state index in [0.29, 0.717) is 25.8 Å². The first-order chi connectivity index (χ1) is 11.2. The molecule has 0 aliphatic heterocycles. The monoisotopic (exact) mass is 385 g/mol. The van der Waals surface area contributed by atoms with E-state index >= 15 is 0 Å². The van der Waals surface area contributed by atoms with Crippen molar-refractivity contribution in [2.45, 2.75) is 51.4 Å². The number of hydrogen-bond acceptors (Lipinski definition) is 7. The summed E-state index contributed by atoms with van der Waals surface area (Å²) in [6.45, 7) is 0.397. The number of nitrogens with two attached hydrogens (primary N) is 1. The average Bonchev–Trinajstić information content (AvgIpc) is 2.50. The highest BCUT2D eigenvalue weighted by Gasteiger charge is 2.16. The third-order valence-electron chi connectivity index (χ3n) is 3.64. The molecule has 0 fully saturated rings. The van der Waals surface area contributed by atoms with Crippen LogP contribution in [-0.4, -0.2) is 59.5 Å². The third-order valence-corrected chi connectivity index (χ3v) is 7.04. The zero-order valence-corrected chi connectivity index (χ0v) is 16.2. The normalized spacial score (nSPS) is 12.2. The van der Waals surface area contributed by atoms with E-state index in [9.17, 15) is 21.6 Å². The standard InChI is InChI=1S/C15H31NO6S2/c1-22-15(17)14-24(20,21)12-8-6-4-2-3-5-7-11-23(18,19)13-9-10-16/h2-14,16H2,1H3. The van der Waals surface area contributed by atoms with E-state index in [1.54, 1.807) is 0 Å². The number of ether oxygens (including phenoxy) is 1. The van der Waals surface area contributed by atoms with Crippen molar-refractivity contribution < 1.29 is 26.4 Å². The van der Waals surface area contributed by atoms with Crippen molar-refractivity contribution in [1.29, 1.82) is 0 Å². The molecule has 0 amide bonds. The number of unbranched alkanes of at least 4 members (excludes halogenated alkanes) is 6. The molecule has 7 nitrogen and oxygen atoms in total. The van der Waals surface area contributed by atoms with Crippen LogP contribution in [0.25, 0.3) is 0 Å². The van der Waals surface area contributed by atoms with E-state index in [4.69, 9.17) is 5.73 Å². The molecule has 0 aliphatic carbocycles. The number of carbonyl (C=O) groups excluding carboxylic acids is 1. The van der Waals surface area contributed by atoms with Gasteiger partial charge in [-0.05, 0) is 25.8 Å². The minimum absolute atomic E-state index is 0.00147. The summed E-state index contributed by atoms with van der Waals surface area (Å²) in [5.74, 6) is -0.886. The molecule has 0 unspecified atom stereocenters. The number of esters is 1. The van der Waals surface area contributed by atoms with Crippen molar-refractivity contribution in [3.8, 4) is 0 Å². The lowest BCUT2D eigenvalue weighted by atomic mass is 10.1. The molecule has 0 atom stereocenters. The van der Waals surface area contributed by atoms with Crippen molar-refractivity contribution in [3.05, 3.63) is 0 Å². The van der Waals surface area contributed by atoms with Crippen LogP contribution in [0, 0.1) is 0 Å². The minimum Gasteiger partial charge on any atom is -0.468 e. The molecular formula is C15H31NO6S2. The number of methoxy groups -OCH3 is 1. The van der Waals surface area contributed by atoms with Crippen LogP contribution in [0.2, 0.25) is 0 Å². The summed E-state index contributed by atoms with van der Waals surface area (Å²) in [7, 11) is -5.16. The summed E-state index contributed by atoms with van der Waals surface area (Å²) in [4.78, 5) is 10.9. The maximum Gasteiger partial charge on any atom is 0.320 e. The molecule has 0 saturated heterocycles. The van der Waals surface area contributed by atoms with Gasteiger partial charge in [0.1, 0.15) is 15.6 Å². The maximum atomic E-state index is 11.6. The van der Waals surface area contributed by atoms with Gasteiger partial charge in [0.05, 0.1) is 24.4 Å². The van der Waals surface area contributed by atoms with E-state index in [0.717, 1.165) is 32.1 Å². The Morgan fingerprint density at radius 3 is 1.62 bits per heavy atom. The number of hydrogen-bond donors (Lipinski definition) is 1. The molecule has 0 aliphatic rings. The van der Waals surface area contributed by atoms with Gasteiger partial charge in [0.2, 0.25) is 0 Å². The lowest BCUT2D eigenvalue weighted by Gasteiger charge is -2.05. The topological polar surface area (TPSA) is 121 Å². The fourth-order valence-electron chi connectivity index (χ4n) is 2.24. The number of carbonyl (C=O) groups is 1. The summed E-state index contributed by atoms with van der Waals surface area (Å²) in [6.07, 6.45) is 6.18. The fraction of sp³-hybridized carbons (Fsp3) is 0.933. The summed E-state index contributed by atoms with van der Waals surface area (Å²) < 4.78 is 50.7. The second-order valence-corrected chi connectivity index (χ2v) is 10.4. The molecule has 0 aromatic carbocycles. The van der Waals surface area contributed by atoms with E-state index < -0.39 is 31.4 Å². The Bertz CT molecular complexity index is 542. The van der Waals surface area contributed by atoms with E-state index in [2.05, 4.69) is 4.74 Å². The molecule has 0 saturated carbocycles. The Morgan fingerprint density at radius 1 is 0.750 bits per heavy atom. The van der Waals surface area contributed by atoms with E-state index in [1.165, 1.54) is 7.11 Å². The van der Waals surface area contributed by atoms with Crippen LogP contribution in [0.3, 0.4) is 0 Å². The summed E-state index contributed by atoms with van der Waals surface area (Å²) in [5.41, 5.74) is 5.30. The zero-order valence-electron chi connectivity index (χ0n) is 14.5. The van der Waals surface area contributed by atoms with Crippen LogP contribution in [0.5, 0.6) is 0 Å². The third kappa shape index (κ3) is 13.7. The highest BCUT2D eigenvalue weighted by molar-refractivity contribution is 7.92. The number of sulfone groups is 2. The highest BCUT2D eigenvalue weighted by atomic mass is 32.2. The van der Waals surface area contributed by atoms with Gasteiger partial charge in [-0.1, -0.05) is 32.1 Å². The molecule has 0 spiro atoms. The lowest BCUT2D eigenvalue weighted by Crippen LogP contribution is -2.19. The molecule has 0 rings (SSSR count). The number of rotatable bonds is 15. The predicted molar refractivity (Wildman–Crippen MR) is 95.3 cm³/mol. The molecule has 0 heterocycles. The molecule has 0 aromatic heterocycles. The summed E-state index contributed by atoms with van der Waals surface area (Å²) in [5, 5.41) is 0. The molecule has 2 N–H and O–H groups in total. The smallest absolute Gasteiger partial charge is 0.320 e. The first-order valence-corrected chi connectivity index (χ1v) is 12.0. The van der Waals surface area contributed by atoms with Gasteiger partial charge in [-0.15, -0.1) is 0 Å². The summed E-state index contributed by atoms with van der Waals surface area (Å²) >= 11 is 0. The van der Waals surface area contributed by atoms with Crippen LogP contribution >= 0.6 is 0 Å². The second kappa shape index (κ2) is 12.7. The molecule has 24 heavy (non-hydrogen) atoms. The van der Waals surface area contributed by atoms with Gasteiger partial charge in [-0.3, -0.25) is 4.79 Å². The summed E-state index contributed by atoms with van der Waals surface area (Å²) in [6, 6.07) is 0. The Hall–Kier alpha value is -0.670. The molecular weight excluding hydrogens is 354 g/mol. The van der Waals surface area contributed by atoms with Gasteiger partial charge in [0, 0.05) is 0 Å². The van der Waals surface area contributed by atoms with Gasteiger partial charge in [0.25, 0.3) is 0 Å². The van der Waals surface area contributed by atoms with E-state index in [-0.39, 0.29) is 17.3 Å². The van der Waals surface area contributed by atoms with Gasteiger partial charge < -0.3 is 10.5 Å². The molecule has 0 aromatic rings. The minimum atomic E-state index is -3.37. The van der Waals surface area contributed by atoms with Crippen LogP contribution in [0.4, 0.5) is 0 Å². The largest absolute Gasteiger partial charge is 0.468 e. The van der Waals surface area contributed by atoms with Crippen LogP contribution in [0.1, 0.15) is 51.4 Å². The Morgan fingerprint density at radius 2 is 1.17 bits per heavy atom. The van der Waals surface area contributed by atoms with Gasteiger partial charge in [0.15, 0.2) is 9.84 Å². The zero-order chi connectivity index (χ0) is 18.5. The lowest BCUT2D eigenvalue weighted by molar-refractivity contribution is -0.137. The molecule has 144 valence electrons. The van der Waals surface area contributed by atoms with Gasteiger partial charge in [-0.2, -0.15) is 0 Å². The quantitative estimate of drug-likeness (QED) is 0.330. The highest BCUT2D eigenvalue weighted by Crippen LogP contribution is 2.10. The Labute approximate surface area is 146 Å². The Balaban J connectivity index is 3.60. The predicted octanol–water partition coefficient (Wildman–Crippen LogP) is 1.07. The molecule has 9 heteroatoms. The van der Waals surface area contributed by atoms with Crippen molar-refractivity contribution in [2.24, 2.45) is 5.73 Å². The van der Waals surface area contributed by atoms with Crippen molar-refractivity contribution >= 4 is 25.6 Å². The second-order valence-electron chi connectivity index (χ2n) is 5.94. The SMILES string of the molecule is COC(=O)CS(=O)(=O)CCCCCCCCCS(=O)(=O)CCCN. The molecule has 0 bridgehead atoms. The van der Waals surface area contributed by atoms with Crippen LogP contribution in [-0.2, 0) is 29.2 Å². The Kier molecular flexibility index (Phi) is 12.3. The van der Waals surface area contributed by atoms with Crippen LogP contribution < -0.4 is 5.73 Å². The first kappa shape index (κ1) is 23.3. The first-order valence-electron chi connectivity index (χ1n) is 8.40. The molecule has 0 radical (unpaired) electrons.